The molecule has 1 saturated carbocycles. The maximum Gasteiger partial charge on any atom is 0.490 e. The van der Waals surface area contributed by atoms with Crippen LogP contribution in [0.5, 0.6) is 11.5 Å². The van der Waals surface area contributed by atoms with Gasteiger partial charge in [0, 0.05) is 54.4 Å². The first kappa shape index (κ1) is 40.7. The number of aryl methyl sites for hydroxylation is 1. The molecular formula is C34H37ClF6N4O6. The van der Waals surface area contributed by atoms with Crippen molar-refractivity contribution >= 4 is 34.9 Å². The van der Waals surface area contributed by atoms with Gasteiger partial charge in [-0.15, -0.1) is 0 Å². The van der Waals surface area contributed by atoms with Crippen LogP contribution < -0.4 is 14.8 Å². The molecule has 1 aliphatic rings. The molecule has 10 nitrogen and oxygen atoms in total. The summed E-state index contributed by atoms with van der Waals surface area (Å²) in [4.78, 5) is 25.2. The van der Waals surface area contributed by atoms with E-state index in [9.17, 15) is 26.3 Å². The molecule has 3 N–H and O–H groups in total. The number of hydrogen-bond donors (Lipinski definition) is 3. The fraction of sp³-hybridized carbons (Fsp3) is 0.382. The van der Waals surface area contributed by atoms with Gasteiger partial charge in [-0.05, 0) is 62.9 Å². The zero-order chi connectivity index (χ0) is 38.1. The van der Waals surface area contributed by atoms with Crippen molar-refractivity contribution in [1.29, 1.82) is 0 Å². The van der Waals surface area contributed by atoms with Crippen LogP contribution in [0.15, 0.2) is 60.9 Å². The topological polar surface area (TPSA) is 126 Å². The van der Waals surface area contributed by atoms with Crippen molar-refractivity contribution in [1.82, 2.24) is 14.3 Å². The normalized spacial score (nSPS) is 16.0. The Balaban J connectivity index is 0.000000424. The van der Waals surface area contributed by atoms with Gasteiger partial charge in [-0.25, -0.2) is 14.6 Å². The second-order valence-corrected chi connectivity index (χ2v) is 12.0. The first-order chi connectivity index (χ1) is 23.8. The number of nitrogens with one attached hydrogen (secondary N) is 1. The van der Waals surface area contributed by atoms with Crippen LogP contribution in [-0.4, -0.2) is 82.1 Å². The van der Waals surface area contributed by atoms with Crippen LogP contribution in [0.3, 0.4) is 0 Å². The molecule has 2 aromatic carbocycles. The number of carboxylic acids is 2. The van der Waals surface area contributed by atoms with E-state index >= 15 is 0 Å². The van der Waals surface area contributed by atoms with Gasteiger partial charge in [-0.1, -0.05) is 35.9 Å². The fourth-order valence-corrected chi connectivity index (χ4v) is 5.58. The molecule has 0 spiro atoms. The number of aromatic nitrogens is 2. The lowest BCUT2D eigenvalue weighted by molar-refractivity contribution is -0.193. The quantitative estimate of drug-likeness (QED) is 0.153. The third-order valence-corrected chi connectivity index (χ3v) is 8.36. The standard InChI is InChI=1S/C30H35ClN4O2.2C2HF3O2/c1-20-7-5-6-8-21(20)18-34(2)24-11-9-22(10-12-24)32-23-13-14-35-19-27(33-30(35)15-23)25-16-26(31)29(37-4)17-28(25)36-3;2*3-2(4,5)1(6)7/h5-8,13-17,19,22,24,32H,9-12,18H2,1-4H3;2*(H,6,7)/t22-,24+;;. The van der Waals surface area contributed by atoms with Crippen LogP contribution in [0, 0.1) is 6.92 Å². The lowest BCUT2D eigenvalue weighted by Crippen LogP contribution is -2.38. The molecule has 1 fully saturated rings. The number of imidazole rings is 1. The van der Waals surface area contributed by atoms with Crippen LogP contribution in [0.25, 0.3) is 16.9 Å². The van der Waals surface area contributed by atoms with Gasteiger partial charge in [0.1, 0.15) is 17.1 Å². The summed E-state index contributed by atoms with van der Waals surface area (Å²) in [6.07, 6.45) is -1.39. The molecule has 51 heavy (non-hydrogen) atoms. The second kappa shape index (κ2) is 17.5. The highest BCUT2D eigenvalue weighted by Crippen LogP contribution is 2.38. The fourth-order valence-electron chi connectivity index (χ4n) is 5.34. The lowest BCUT2D eigenvalue weighted by atomic mass is 9.90. The summed E-state index contributed by atoms with van der Waals surface area (Å²) < 4.78 is 76.4. The highest BCUT2D eigenvalue weighted by atomic mass is 35.5. The third-order valence-electron chi connectivity index (χ3n) is 8.07. The summed E-state index contributed by atoms with van der Waals surface area (Å²) in [5.41, 5.74) is 6.40. The number of benzene rings is 2. The average Bonchev–Trinajstić information content (AvgIpc) is 3.49. The number of carbonyl (C=O) groups is 2. The van der Waals surface area contributed by atoms with Crippen LogP contribution in [0.1, 0.15) is 36.8 Å². The van der Waals surface area contributed by atoms with E-state index in [4.69, 9.17) is 45.9 Å². The highest BCUT2D eigenvalue weighted by Gasteiger charge is 2.39. The summed E-state index contributed by atoms with van der Waals surface area (Å²) in [7, 11) is 5.49. The number of nitrogens with zero attached hydrogens (tertiary/aromatic N) is 3. The van der Waals surface area contributed by atoms with E-state index < -0.39 is 24.3 Å². The Morgan fingerprint density at radius 1 is 0.941 bits per heavy atom. The summed E-state index contributed by atoms with van der Waals surface area (Å²) in [5, 5.41) is 18.5. The maximum absolute atomic E-state index is 10.6. The van der Waals surface area contributed by atoms with Crippen LogP contribution in [-0.2, 0) is 16.1 Å². The molecule has 0 saturated heterocycles. The molecule has 4 aromatic rings. The number of carboxylic acid groups (broad SMARTS) is 2. The van der Waals surface area contributed by atoms with E-state index in [-0.39, 0.29) is 0 Å². The van der Waals surface area contributed by atoms with Crippen molar-refractivity contribution in [3.8, 4) is 22.8 Å². The van der Waals surface area contributed by atoms with Gasteiger partial charge in [-0.2, -0.15) is 26.3 Å². The van der Waals surface area contributed by atoms with E-state index in [1.807, 2.05) is 22.9 Å². The van der Waals surface area contributed by atoms with Crippen molar-refractivity contribution in [2.24, 2.45) is 0 Å². The lowest BCUT2D eigenvalue weighted by Gasteiger charge is -2.35. The van der Waals surface area contributed by atoms with Crippen molar-refractivity contribution in [2.45, 2.75) is 63.6 Å². The van der Waals surface area contributed by atoms with Gasteiger partial charge in [0.25, 0.3) is 0 Å². The van der Waals surface area contributed by atoms with Gasteiger partial charge in [-0.3, -0.25) is 4.90 Å². The number of fused-ring (bicyclic) bond motifs is 1. The monoisotopic (exact) mass is 746 g/mol. The molecule has 0 aliphatic heterocycles. The number of pyridine rings is 1. The van der Waals surface area contributed by atoms with Crippen molar-refractivity contribution in [3.63, 3.8) is 0 Å². The zero-order valence-electron chi connectivity index (χ0n) is 28.0. The van der Waals surface area contributed by atoms with E-state index in [2.05, 4.69) is 60.6 Å². The van der Waals surface area contributed by atoms with Gasteiger partial charge in [0.15, 0.2) is 0 Å². The van der Waals surface area contributed by atoms with Crippen molar-refractivity contribution in [3.05, 3.63) is 77.1 Å². The molecule has 17 heteroatoms. The number of rotatable bonds is 8. The molecular weight excluding hydrogens is 710 g/mol. The summed E-state index contributed by atoms with van der Waals surface area (Å²) in [5.74, 6) is -4.26. The Kier molecular flexibility index (Phi) is 14.0. The molecule has 0 unspecified atom stereocenters. The number of ether oxygens (including phenoxy) is 2. The van der Waals surface area contributed by atoms with Gasteiger partial charge in [0.2, 0.25) is 0 Å². The number of alkyl halides is 6. The van der Waals surface area contributed by atoms with E-state index in [1.165, 1.54) is 24.0 Å². The molecule has 0 bridgehead atoms. The van der Waals surface area contributed by atoms with E-state index in [1.54, 1.807) is 20.3 Å². The van der Waals surface area contributed by atoms with E-state index in [0.29, 0.717) is 28.6 Å². The Labute approximate surface area is 294 Å². The SMILES string of the molecule is COc1cc(OC)c(-c2cn3ccc(N[C@H]4CC[C@@H](N(C)Cc5ccccc5C)CC4)cc3n2)cc1Cl.O=C(O)C(F)(F)F.O=C(O)C(F)(F)F. The largest absolute Gasteiger partial charge is 0.496 e. The summed E-state index contributed by atoms with van der Waals surface area (Å²) in [6.45, 7) is 3.21. The predicted octanol–water partition coefficient (Wildman–Crippen LogP) is 8.10. The molecule has 278 valence electrons. The van der Waals surface area contributed by atoms with E-state index in [0.717, 1.165) is 42.0 Å². The molecule has 0 amide bonds. The predicted molar refractivity (Wildman–Crippen MR) is 178 cm³/mol. The first-order valence-electron chi connectivity index (χ1n) is 15.4. The number of halogens is 7. The molecule has 2 aromatic heterocycles. The highest BCUT2D eigenvalue weighted by molar-refractivity contribution is 6.32. The molecule has 5 rings (SSSR count). The molecule has 1 aliphatic carbocycles. The smallest absolute Gasteiger partial charge is 0.490 e. The van der Waals surface area contributed by atoms with Crippen LogP contribution in [0.4, 0.5) is 32.0 Å². The van der Waals surface area contributed by atoms with Crippen molar-refractivity contribution in [2.75, 3.05) is 26.6 Å². The van der Waals surface area contributed by atoms with Crippen LogP contribution in [0.2, 0.25) is 5.02 Å². The average molecular weight is 747 g/mol. The Morgan fingerprint density at radius 3 is 2.04 bits per heavy atom. The number of anilines is 1. The minimum absolute atomic E-state index is 0.473. The molecule has 0 radical (unpaired) electrons. The number of aliphatic carboxylic acids is 2. The summed E-state index contributed by atoms with van der Waals surface area (Å²) in [6, 6.07) is 17.7. The Hall–Kier alpha value is -4.70. The summed E-state index contributed by atoms with van der Waals surface area (Å²) >= 11 is 6.39. The third kappa shape index (κ3) is 11.7. The van der Waals surface area contributed by atoms with Gasteiger partial charge >= 0.3 is 24.3 Å². The minimum Gasteiger partial charge on any atom is -0.496 e. The van der Waals surface area contributed by atoms with Crippen LogP contribution >= 0.6 is 11.6 Å². The number of methoxy groups -OCH3 is 2. The van der Waals surface area contributed by atoms with Crippen molar-refractivity contribution < 1.29 is 55.6 Å². The zero-order valence-corrected chi connectivity index (χ0v) is 28.7. The Bertz CT molecular complexity index is 1770. The second-order valence-electron chi connectivity index (χ2n) is 11.6. The van der Waals surface area contributed by atoms with Gasteiger partial charge < -0.3 is 29.4 Å². The number of hydrogen-bond acceptors (Lipinski definition) is 7. The molecule has 0 atom stereocenters. The minimum atomic E-state index is -5.08. The Morgan fingerprint density at radius 2 is 1.51 bits per heavy atom. The first-order valence-corrected chi connectivity index (χ1v) is 15.7. The van der Waals surface area contributed by atoms with Gasteiger partial charge in [0.05, 0.1) is 24.9 Å². The molecule has 2 heterocycles. The maximum atomic E-state index is 10.6.